The number of allylic oxidation sites excluding steroid dienone is 22. The lowest BCUT2D eigenvalue weighted by atomic mass is 9.98. The highest BCUT2D eigenvalue weighted by Crippen LogP contribution is 2.19. The summed E-state index contributed by atoms with van der Waals surface area (Å²) in [4.78, 5) is 0. The van der Waals surface area contributed by atoms with Crippen molar-refractivity contribution in [3.63, 3.8) is 0 Å². The van der Waals surface area contributed by atoms with Gasteiger partial charge in [-0.3, -0.25) is 0 Å². The van der Waals surface area contributed by atoms with E-state index in [1.807, 2.05) is 0 Å². The lowest BCUT2D eigenvalue weighted by Crippen LogP contribution is -2.21. The maximum atomic E-state index is 5.52. The van der Waals surface area contributed by atoms with Gasteiger partial charge in [0.05, 0.1) is 5.60 Å². The summed E-state index contributed by atoms with van der Waals surface area (Å²) < 4.78 is 5.52. The molecule has 0 rings (SSSR count). The molecule has 0 amide bonds. The first-order valence-electron chi connectivity index (χ1n) is 15.7. The second-order valence-corrected chi connectivity index (χ2v) is 12.4. The number of rotatable bonds is 19. The number of hydrogen-bond donors (Lipinski definition) is 0. The first-order valence-corrected chi connectivity index (χ1v) is 15.7. The molecule has 0 saturated heterocycles. The normalized spacial score (nSPS) is 15.3. The van der Waals surface area contributed by atoms with Crippen LogP contribution in [-0.2, 0) is 4.74 Å². The van der Waals surface area contributed by atoms with E-state index in [4.69, 9.17) is 4.74 Å². The average Bonchev–Trinajstić information content (AvgIpc) is 2.91. The minimum absolute atomic E-state index is 0.0150. The molecule has 0 aromatic rings. The van der Waals surface area contributed by atoms with Crippen molar-refractivity contribution in [2.75, 3.05) is 7.11 Å². The molecule has 0 atom stereocenters. The van der Waals surface area contributed by atoms with Crippen molar-refractivity contribution in [1.82, 2.24) is 0 Å². The molecule has 0 aromatic carbocycles. The second-order valence-electron chi connectivity index (χ2n) is 12.4. The van der Waals surface area contributed by atoms with Crippen LogP contribution in [0.5, 0.6) is 0 Å². The fourth-order valence-electron chi connectivity index (χ4n) is 3.96. The van der Waals surface area contributed by atoms with Crippen molar-refractivity contribution in [1.29, 1.82) is 0 Å². The third kappa shape index (κ3) is 24.9. The van der Waals surface area contributed by atoms with Gasteiger partial charge in [0.15, 0.2) is 0 Å². The Morgan fingerprint density at radius 2 is 0.952 bits per heavy atom. The Labute approximate surface area is 261 Å². The van der Waals surface area contributed by atoms with Crippen LogP contribution < -0.4 is 0 Å². The van der Waals surface area contributed by atoms with Gasteiger partial charge >= 0.3 is 0 Å². The molecule has 0 aliphatic heterocycles. The highest BCUT2D eigenvalue weighted by Gasteiger charge is 2.14. The molecule has 42 heavy (non-hydrogen) atoms. The monoisotopic (exact) mass is 570 g/mol. The summed E-state index contributed by atoms with van der Waals surface area (Å²) in [6.07, 6.45) is 40.5. The average molecular weight is 571 g/mol. The standard InChI is InChI=1S/C41H62O/c1-34(2)20-14-23-37(5)26-17-29-38(6)27-15-24-35(3)21-12-13-22-36(4)25-16-28-39(7)30-18-31-40(8)32-19-33-41(9,10)42-11/h12-13,15-17,20-22,24-29,31H,14,18-19,23,30,32-33H2,1-11H3/b13-12+,24-15+,25-16+,29-17+,35-21+,36-22+,37-26+,38-27+,39-28+,40-31+. The van der Waals surface area contributed by atoms with E-state index >= 15 is 0 Å². The van der Waals surface area contributed by atoms with E-state index in [9.17, 15) is 0 Å². The second kappa shape index (κ2) is 23.6. The van der Waals surface area contributed by atoms with E-state index < -0.39 is 0 Å². The number of hydrogen-bond acceptors (Lipinski definition) is 1. The van der Waals surface area contributed by atoms with Crippen molar-refractivity contribution in [3.05, 3.63) is 130 Å². The smallest absolute Gasteiger partial charge is 0.0622 e. The first kappa shape index (κ1) is 39.1. The van der Waals surface area contributed by atoms with Crippen LogP contribution in [0, 0.1) is 0 Å². The largest absolute Gasteiger partial charge is 0.379 e. The summed E-state index contributed by atoms with van der Waals surface area (Å²) in [7, 11) is 1.80. The molecule has 0 bridgehead atoms. The van der Waals surface area contributed by atoms with Crippen LogP contribution >= 0.6 is 0 Å². The molecule has 0 spiro atoms. The van der Waals surface area contributed by atoms with Crippen LogP contribution in [0.15, 0.2) is 130 Å². The SMILES string of the molecule is COC(C)(C)CCC/C(C)=C/CC/C(C)=C/C=C/C(C)=C/C=C/C=C(C)/C=C/C=C(C)/C=C/C=C(\C)CCC=C(C)C. The maximum Gasteiger partial charge on any atom is 0.0622 e. The highest BCUT2D eigenvalue weighted by atomic mass is 16.5. The van der Waals surface area contributed by atoms with Gasteiger partial charge in [0.1, 0.15) is 0 Å². The summed E-state index contributed by atoms with van der Waals surface area (Å²) >= 11 is 0. The lowest BCUT2D eigenvalue weighted by molar-refractivity contribution is 0.0140. The van der Waals surface area contributed by atoms with Crippen LogP contribution in [0.4, 0.5) is 0 Å². The third-order valence-electron chi connectivity index (χ3n) is 7.05. The Bertz CT molecular complexity index is 1110. The molecule has 0 aromatic heterocycles. The summed E-state index contributed by atoms with van der Waals surface area (Å²) in [5.74, 6) is 0. The van der Waals surface area contributed by atoms with E-state index in [1.165, 1.54) is 45.4 Å². The van der Waals surface area contributed by atoms with Gasteiger partial charge < -0.3 is 4.74 Å². The predicted octanol–water partition coefficient (Wildman–Crippen LogP) is 13.0. The molecule has 0 N–H and O–H groups in total. The molecule has 1 heteroatoms. The van der Waals surface area contributed by atoms with Crippen molar-refractivity contribution in [2.45, 2.75) is 120 Å². The summed E-state index contributed by atoms with van der Waals surface area (Å²) in [6, 6.07) is 0. The minimum Gasteiger partial charge on any atom is -0.379 e. The zero-order valence-corrected chi connectivity index (χ0v) is 29.0. The van der Waals surface area contributed by atoms with Crippen molar-refractivity contribution < 1.29 is 4.74 Å². The molecule has 0 unspecified atom stereocenters. The predicted molar refractivity (Wildman–Crippen MR) is 192 cm³/mol. The lowest BCUT2D eigenvalue weighted by Gasteiger charge is -2.22. The summed E-state index contributed by atoms with van der Waals surface area (Å²) in [6.45, 7) is 21.7. The van der Waals surface area contributed by atoms with Crippen molar-refractivity contribution in [2.24, 2.45) is 0 Å². The third-order valence-corrected chi connectivity index (χ3v) is 7.05. The van der Waals surface area contributed by atoms with E-state index in [2.05, 4.69) is 160 Å². The van der Waals surface area contributed by atoms with Gasteiger partial charge in [-0.15, -0.1) is 0 Å². The number of ether oxygens (including phenoxy) is 1. The van der Waals surface area contributed by atoms with Crippen LogP contribution in [0.25, 0.3) is 0 Å². The van der Waals surface area contributed by atoms with Gasteiger partial charge in [0, 0.05) is 7.11 Å². The van der Waals surface area contributed by atoms with Gasteiger partial charge in [-0.1, -0.05) is 130 Å². The molecule has 0 aliphatic carbocycles. The number of methoxy groups -OCH3 is 1. The van der Waals surface area contributed by atoms with E-state index in [0.717, 1.165) is 38.5 Å². The van der Waals surface area contributed by atoms with Gasteiger partial charge in [0.2, 0.25) is 0 Å². The van der Waals surface area contributed by atoms with Gasteiger partial charge in [-0.05, 0) is 114 Å². The zero-order valence-electron chi connectivity index (χ0n) is 29.0. The Morgan fingerprint density at radius 1 is 0.524 bits per heavy atom. The van der Waals surface area contributed by atoms with Gasteiger partial charge in [-0.2, -0.15) is 0 Å². The van der Waals surface area contributed by atoms with E-state index in [-0.39, 0.29) is 5.60 Å². The summed E-state index contributed by atoms with van der Waals surface area (Å²) in [5, 5.41) is 0. The van der Waals surface area contributed by atoms with Gasteiger partial charge in [0.25, 0.3) is 0 Å². The van der Waals surface area contributed by atoms with Crippen LogP contribution in [-0.4, -0.2) is 12.7 Å². The molecule has 0 fully saturated rings. The van der Waals surface area contributed by atoms with Crippen molar-refractivity contribution in [3.8, 4) is 0 Å². The molecule has 1 nitrogen and oxygen atoms in total. The van der Waals surface area contributed by atoms with Crippen molar-refractivity contribution >= 4 is 0 Å². The Hall–Kier alpha value is -2.90. The highest BCUT2D eigenvalue weighted by molar-refractivity contribution is 5.31. The molecule has 232 valence electrons. The fourth-order valence-corrected chi connectivity index (χ4v) is 3.96. The molecular weight excluding hydrogens is 508 g/mol. The minimum atomic E-state index is -0.0150. The Kier molecular flexibility index (Phi) is 22.0. The summed E-state index contributed by atoms with van der Waals surface area (Å²) in [5.41, 5.74) is 9.37. The topological polar surface area (TPSA) is 9.23 Å². The quantitative estimate of drug-likeness (QED) is 0.111. The Balaban J connectivity index is 4.59. The Morgan fingerprint density at radius 3 is 1.40 bits per heavy atom. The zero-order chi connectivity index (χ0) is 31.8. The molecule has 0 aliphatic rings. The van der Waals surface area contributed by atoms with Crippen LogP contribution in [0.2, 0.25) is 0 Å². The fraction of sp³-hybridized carbons (Fsp3) is 0.463. The molecular formula is C41H62O. The van der Waals surface area contributed by atoms with Crippen LogP contribution in [0.1, 0.15) is 114 Å². The first-order chi connectivity index (χ1) is 19.8. The van der Waals surface area contributed by atoms with Crippen LogP contribution in [0.3, 0.4) is 0 Å². The van der Waals surface area contributed by atoms with Gasteiger partial charge in [-0.25, -0.2) is 0 Å². The molecule has 0 saturated carbocycles. The van der Waals surface area contributed by atoms with E-state index in [0.29, 0.717) is 0 Å². The maximum absolute atomic E-state index is 5.52. The van der Waals surface area contributed by atoms with E-state index in [1.54, 1.807) is 7.11 Å². The molecule has 0 heterocycles. The molecule has 0 radical (unpaired) electrons.